The summed E-state index contributed by atoms with van der Waals surface area (Å²) in [6.45, 7) is 0. The molecule has 0 saturated carbocycles. The van der Waals surface area contributed by atoms with Gasteiger partial charge in [-0.3, -0.25) is 0 Å². The second kappa shape index (κ2) is 4.84. The molecule has 0 bridgehead atoms. The standard InChI is InChI=1S/C11H10O3S2/c1-14-11(12)9-7-15-16(13)10(9)8-5-3-2-4-6-8/h2-6H,7H2,1H3. The molecule has 0 aromatic heterocycles. The van der Waals surface area contributed by atoms with Gasteiger partial charge in [-0.2, -0.15) is 0 Å². The summed E-state index contributed by atoms with van der Waals surface area (Å²) in [4.78, 5) is 12.1. The van der Waals surface area contributed by atoms with E-state index in [1.807, 2.05) is 30.3 Å². The monoisotopic (exact) mass is 254 g/mol. The average Bonchev–Trinajstić information content (AvgIpc) is 2.71. The highest BCUT2D eigenvalue weighted by Gasteiger charge is 2.29. The summed E-state index contributed by atoms with van der Waals surface area (Å²) in [5.41, 5.74) is 1.34. The Morgan fingerprint density at radius 2 is 2.06 bits per heavy atom. The second-order valence-corrected chi connectivity index (χ2v) is 6.18. The molecule has 0 spiro atoms. The van der Waals surface area contributed by atoms with Crippen LogP contribution in [0.2, 0.25) is 0 Å². The molecule has 0 N–H and O–H groups in total. The summed E-state index contributed by atoms with van der Waals surface area (Å²) >= 11 is 0. The van der Waals surface area contributed by atoms with Crippen molar-refractivity contribution in [1.29, 1.82) is 0 Å². The number of hydrogen-bond donors (Lipinski definition) is 0. The maximum absolute atomic E-state index is 11.8. The van der Waals surface area contributed by atoms with Gasteiger partial charge in [0.1, 0.15) is 9.83 Å². The molecule has 1 heterocycles. The quantitative estimate of drug-likeness (QED) is 0.598. The van der Waals surface area contributed by atoms with Crippen LogP contribution >= 0.6 is 10.8 Å². The number of esters is 1. The molecule has 0 saturated heterocycles. The van der Waals surface area contributed by atoms with E-state index in [0.29, 0.717) is 16.2 Å². The van der Waals surface area contributed by atoms with Crippen molar-refractivity contribution in [2.24, 2.45) is 0 Å². The SMILES string of the molecule is COC(=O)C1=C(c2ccccc2)S(=O)SC1. The van der Waals surface area contributed by atoms with Gasteiger partial charge in [-0.1, -0.05) is 41.1 Å². The van der Waals surface area contributed by atoms with Crippen molar-refractivity contribution in [3.63, 3.8) is 0 Å². The summed E-state index contributed by atoms with van der Waals surface area (Å²) < 4.78 is 16.5. The third-order valence-corrected chi connectivity index (χ3v) is 5.15. The van der Waals surface area contributed by atoms with Gasteiger partial charge in [-0.05, 0) is 5.56 Å². The highest BCUT2D eigenvalue weighted by Crippen LogP contribution is 2.37. The zero-order valence-corrected chi connectivity index (χ0v) is 10.3. The molecule has 1 aliphatic rings. The van der Waals surface area contributed by atoms with Gasteiger partial charge in [-0.25, -0.2) is 9.00 Å². The van der Waals surface area contributed by atoms with Crippen LogP contribution in [0.25, 0.3) is 4.91 Å². The maximum Gasteiger partial charge on any atom is 0.335 e. The van der Waals surface area contributed by atoms with Crippen molar-refractivity contribution in [1.82, 2.24) is 0 Å². The lowest BCUT2D eigenvalue weighted by molar-refractivity contribution is -0.135. The van der Waals surface area contributed by atoms with Gasteiger partial charge in [0.05, 0.1) is 17.6 Å². The van der Waals surface area contributed by atoms with Crippen molar-refractivity contribution >= 4 is 31.5 Å². The summed E-state index contributed by atoms with van der Waals surface area (Å²) in [5.74, 6) is 0.0564. The van der Waals surface area contributed by atoms with Crippen LogP contribution in [0.1, 0.15) is 5.56 Å². The lowest BCUT2D eigenvalue weighted by Crippen LogP contribution is -2.06. The maximum atomic E-state index is 11.8. The van der Waals surface area contributed by atoms with E-state index in [2.05, 4.69) is 4.74 Å². The summed E-state index contributed by atoms with van der Waals surface area (Å²) in [5, 5.41) is 0. The van der Waals surface area contributed by atoms with E-state index in [4.69, 9.17) is 0 Å². The van der Waals surface area contributed by atoms with Crippen molar-refractivity contribution in [2.45, 2.75) is 0 Å². The minimum absolute atomic E-state index is 0.391. The molecule has 0 fully saturated rings. The lowest BCUT2D eigenvalue weighted by atomic mass is 10.1. The van der Waals surface area contributed by atoms with Crippen molar-refractivity contribution in [3.8, 4) is 0 Å². The molecule has 2 rings (SSSR count). The molecular formula is C11H10O3S2. The normalized spacial score (nSPS) is 19.9. The Balaban J connectivity index is 2.50. The first-order chi connectivity index (χ1) is 7.74. The third-order valence-electron chi connectivity index (χ3n) is 2.22. The fourth-order valence-electron chi connectivity index (χ4n) is 1.47. The summed E-state index contributed by atoms with van der Waals surface area (Å²) in [6, 6.07) is 9.30. The predicted molar refractivity (Wildman–Crippen MR) is 66.0 cm³/mol. The van der Waals surface area contributed by atoms with Crippen molar-refractivity contribution in [2.75, 3.05) is 12.9 Å². The van der Waals surface area contributed by atoms with Crippen LogP contribution in [0.15, 0.2) is 35.9 Å². The van der Waals surface area contributed by atoms with Gasteiger partial charge >= 0.3 is 5.97 Å². The Labute approximate surface area is 99.7 Å². The molecule has 84 valence electrons. The number of rotatable bonds is 2. The molecule has 3 nitrogen and oxygen atoms in total. The van der Waals surface area contributed by atoms with E-state index in [9.17, 15) is 9.00 Å². The fraction of sp³-hybridized carbons (Fsp3) is 0.182. The number of carbonyl (C=O) groups is 1. The first-order valence-corrected chi connectivity index (χ1v) is 7.31. The van der Waals surface area contributed by atoms with Gasteiger partial charge in [0, 0.05) is 5.75 Å². The van der Waals surface area contributed by atoms with E-state index < -0.39 is 15.8 Å². The van der Waals surface area contributed by atoms with Gasteiger partial charge in [0.2, 0.25) is 0 Å². The highest BCUT2D eigenvalue weighted by atomic mass is 33.1. The van der Waals surface area contributed by atoms with Crippen LogP contribution < -0.4 is 0 Å². The Bertz CT molecular complexity index is 465. The van der Waals surface area contributed by atoms with E-state index >= 15 is 0 Å². The molecule has 1 unspecified atom stereocenters. The number of hydrogen-bond acceptors (Lipinski definition) is 4. The van der Waals surface area contributed by atoms with Gasteiger partial charge in [-0.15, -0.1) is 0 Å². The molecule has 0 aliphatic carbocycles. The number of ether oxygens (including phenoxy) is 1. The van der Waals surface area contributed by atoms with Crippen LogP contribution in [0.4, 0.5) is 0 Å². The smallest absolute Gasteiger partial charge is 0.335 e. The van der Waals surface area contributed by atoms with Crippen LogP contribution in [-0.4, -0.2) is 23.0 Å². The molecule has 1 aromatic rings. The minimum atomic E-state index is -1.17. The Morgan fingerprint density at radius 3 is 2.69 bits per heavy atom. The van der Waals surface area contributed by atoms with Crippen LogP contribution in [0, 0.1) is 0 Å². The fourth-order valence-corrected chi connectivity index (χ4v) is 4.47. The second-order valence-electron chi connectivity index (χ2n) is 3.16. The Morgan fingerprint density at radius 1 is 1.38 bits per heavy atom. The zero-order valence-electron chi connectivity index (χ0n) is 8.64. The topological polar surface area (TPSA) is 43.4 Å². The summed E-state index contributed by atoms with van der Waals surface area (Å²) in [6.07, 6.45) is 0. The van der Waals surface area contributed by atoms with Gasteiger partial charge < -0.3 is 4.74 Å². The Hall–Kier alpha value is -1.07. The zero-order chi connectivity index (χ0) is 11.5. The van der Waals surface area contributed by atoms with E-state index in [1.165, 1.54) is 17.9 Å². The highest BCUT2D eigenvalue weighted by molar-refractivity contribution is 8.73. The predicted octanol–water partition coefficient (Wildman–Crippen LogP) is 1.98. The molecule has 0 radical (unpaired) electrons. The number of methoxy groups -OCH3 is 1. The van der Waals surface area contributed by atoms with Crippen LogP contribution in [0.3, 0.4) is 0 Å². The first-order valence-electron chi connectivity index (χ1n) is 4.66. The third kappa shape index (κ3) is 2.05. The Kier molecular flexibility index (Phi) is 3.46. The van der Waals surface area contributed by atoms with E-state index in [0.717, 1.165) is 5.56 Å². The molecule has 0 amide bonds. The number of benzene rings is 1. The van der Waals surface area contributed by atoms with E-state index in [-0.39, 0.29) is 0 Å². The molecular weight excluding hydrogens is 244 g/mol. The molecule has 1 atom stereocenters. The molecule has 16 heavy (non-hydrogen) atoms. The molecule has 1 aliphatic heterocycles. The van der Waals surface area contributed by atoms with Crippen LogP contribution in [-0.2, 0) is 19.4 Å². The van der Waals surface area contributed by atoms with Crippen molar-refractivity contribution in [3.05, 3.63) is 41.5 Å². The first kappa shape index (κ1) is 11.4. The van der Waals surface area contributed by atoms with Gasteiger partial charge in [0.25, 0.3) is 0 Å². The summed E-state index contributed by atoms with van der Waals surface area (Å²) in [7, 11) is 1.42. The molecule has 5 heteroatoms. The lowest BCUT2D eigenvalue weighted by Gasteiger charge is -2.03. The van der Waals surface area contributed by atoms with Crippen molar-refractivity contribution < 1.29 is 13.7 Å². The number of carbonyl (C=O) groups excluding carboxylic acids is 1. The average molecular weight is 254 g/mol. The largest absolute Gasteiger partial charge is 0.466 e. The molecule has 1 aromatic carbocycles. The van der Waals surface area contributed by atoms with E-state index in [1.54, 1.807) is 0 Å². The van der Waals surface area contributed by atoms with Gasteiger partial charge in [0.15, 0.2) is 0 Å². The van der Waals surface area contributed by atoms with Crippen LogP contribution in [0.5, 0.6) is 0 Å². The minimum Gasteiger partial charge on any atom is -0.466 e.